The van der Waals surface area contributed by atoms with Crippen LogP contribution in [0.15, 0.2) is 42.7 Å². The molecule has 0 saturated carbocycles. The van der Waals surface area contributed by atoms with Gasteiger partial charge >= 0.3 is 0 Å². The molecular weight excluding hydrogens is 290 g/mol. The second-order valence-corrected chi connectivity index (χ2v) is 5.80. The van der Waals surface area contributed by atoms with Crippen LogP contribution in [0.2, 0.25) is 0 Å². The first-order chi connectivity index (χ1) is 11.2. The number of benzene rings is 1. The number of carbonyl (C=O) groups excluding carboxylic acids is 1. The molecule has 2 heterocycles. The van der Waals surface area contributed by atoms with Crippen LogP contribution in [-0.2, 0) is 4.74 Å². The highest BCUT2D eigenvalue weighted by molar-refractivity contribution is 6.04. The van der Waals surface area contributed by atoms with Gasteiger partial charge in [-0.05, 0) is 43.5 Å². The van der Waals surface area contributed by atoms with Crippen molar-refractivity contribution in [2.75, 3.05) is 23.8 Å². The molecule has 1 saturated heterocycles. The number of nitrogens with zero attached hydrogens (tertiary/aromatic N) is 1. The topological polar surface area (TPSA) is 63.2 Å². The van der Waals surface area contributed by atoms with E-state index < -0.39 is 0 Å². The molecule has 5 heteroatoms. The van der Waals surface area contributed by atoms with Crippen molar-refractivity contribution in [3.8, 4) is 0 Å². The third kappa shape index (κ3) is 4.29. The Bertz CT molecular complexity index is 681. The lowest BCUT2D eigenvalue weighted by atomic mass is 10.2. The summed E-state index contributed by atoms with van der Waals surface area (Å²) in [5, 5.41) is 6.18. The summed E-state index contributed by atoms with van der Waals surface area (Å²) >= 11 is 0. The monoisotopic (exact) mass is 311 g/mol. The van der Waals surface area contributed by atoms with E-state index in [9.17, 15) is 4.79 Å². The van der Waals surface area contributed by atoms with Crippen LogP contribution in [0.3, 0.4) is 0 Å². The smallest absolute Gasteiger partial charge is 0.257 e. The number of aryl methyl sites for hydroxylation is 1. The van der Waals surface area contributed by atoms with Gasteiger partial charge in [0.2, 0.25) is 0 Å². The van der Waals surface area contributed by atoms with E-state index in [4.69, 9.17) is 4.74 Å². The van der Waals surface area contributed by atoms with Crippen LogP contribution in [-0.4, -0.2) is 30.1 Å². The van der Waals surface area contributed by atoms with Gasteiger partial charge in [-0.25, -0.2) is 0 Å². The first kappa shape index (κ1) is 15.5. The number of nitrogens with one attached hydrogen (secondary N) is 2. The fourth-order valence-corrected chi connectivity index (χ4v) is 2.62. The highest BCUT2D eigenvalue weighted by atomic mass is 16.5. The van der Waals surface area contributed by atoms with Crippen molar-refractivity contribution in [1.82, 2.24) is 4.98 Å². The van der Waals surface area contributed by atoms with E-state index in [0.29, 0.717) is 5.56 Å². The number of amides is 1. The van der Waals surface area contributed by atoms with Crippen molar-refractivity contribution in [2.45, 2.75) is 25.9 Å². The minimum absolute atomic E-state index is 0.163. The van der Waals surface area contributed by atoms with Crippen LogP contribution in [0.5, 0.6) is 0 Å². The molecule has 0 aliphatic carbocycles. The fraction of sp³-hybridized carbons (Fsp3) is 0.333. The molecule has 120 valence electrons. The van der Waals surface area contributed by atoms with E-state index in [2.05, 4.69) is 15.6 Å². The van der Waals surface area contributed by atoms with Gasteiger partial charge in [-0.2, -0.15) is 0 Å². The molecule has 0 bridgehead atoms. The molecule has 1 atom stereocenters. The maximum Gasteiger partial charge on any atom is 0.257 e. The number of anilines is 2. The standard InChI is InChI=1S/C18H21N3O2/c1-13-4-2-5-15(8-13)21-18(22)14-9-16(11-19-10-14)20-12-17-6-3-7-23-17/h2,4-5,8-11,17,20H,3,6-7,12H2,1H3,(H,21,22). The van der Waals surface area contributed by atoms with Gasteiger partial charge in [-0.1, -0.05) is 12.1 Å². The maximum atomic E-state index is 12.3. The molecular formula is C18H21N3O2. The second kappa shape index (κ2) is 7.24. The number of hydrogen-bond donors (Lipinski definition) is 2. The van der Waals surface area contributed by atoms with Crippen molar-refractivity contribution in [2.24, 2.45) is 0 Å². The van der Waals surface area contributed by atoms with Crippen molar-refractivity contribution < 1.29 is 9.53 Å². The third-order valence-corrected chi connectivity index (χ3v) is 3.83. The zero-order chi connectivity index (χ0) is 16.1. The van der Waals surface area contributed by atoms with Crippen LogP contribution in [0.4, 0.5) is 11.4 Å². The van der Waals surface area contributed by atoms with Gasteiger partial charge in [0.25, 0.3) is 5.91 Å². The Morgan fingerprint density at radius 3 is 3.00 bits per heavy atom. The summed E-state index contributed by atoms with van der Waals surface area (Å²) in [5.74, 6) is -0.163. The number of ether oxygens (including phenoxy) is 1. The Hall–Kier alpha value is -2.40. The van der Waals surface area contributed by atoms with Gasteiger partial charge in [-0.3, -0.25) is 9.78 Å². The first-order valence-electron chi connectivity index (χ1n) is 7.89. The Labute approximate surface area is 136 Å². The summed E-state index contributed by atoms with van der Waals surface area (Å²) < 4.78 is 5.58. The number of pyridine rings is 1. The van der Waals surface area contributed by atoms with Crippen LogP contribution in [0.1, 0.15) is 28.8 Å². The van der Waals surface area contributed by atoms with Gasteiger partial charge in [-0.15, -0.1) is 0 Å². The Kier molecular flexibility index (Phi) is 4.88. The van der Waals surface area contributed by atoms with Gasteiger partial charge in [0, 0.05) is 31.2 Å². The van der Waals surface area contributed by atoms with Crippen molar-refractivity contribution in [3.05, 3.63) is 53.9 Å². The summed E-state index contributed by atoms with van der Waals surface area (Å²) in [6.07, 6.45) is 5.73. The highest BCUT2D eigenvalue weighted by Crippen LogP contribution is 2.16. The molecule has 0 spiro atoms. The molecule has 5 nitrogen and oxygen atoms in total. The summed E-state index contributed by atoms with van der Waals surface area (Å²) in [6.45, 7) is 3.57. The van der Waals surface area contributed by atoms with Crippen LogP contribution in [0.25, 0.3) is 0 Å². The molecule has 1 aromatic carbocycles. The molecule has 23 heavy (non-hydrogen) atoms. The summed E-state index contributed by atoms with van der Waals surface area (Å²) in [7, 11) is 0. The average molecular weight is 311 g/mol. The molecule has 1 amide bonds. The van der Waals surface area contributed by atoms with E-state index >= 15 is 0 Å². The zero-order valence-corrected chi connectivity index (χ0v) is 13.2. The normalized spacial score (nSPS) is 17.0. The summed E-state index contributed by atoms with van der Waals surface area (Å²) in [6, 6.07) is 9.53. The number of aromatic nitrogens is 1. The zero-order valence-electron chi connectivity index (χ0n) is 13.2. The van der Waals surface area contributed by atoms with Crippen molar-refractivity contribution >= 4 is 17.3 Å². The van der Waals surface area contributed by atoms with Gasteiger partial charge in [0.05, 0.1) is 17.4 Å². The lowest BCUT2D eigenvalue weighted by Crippen LogP contribution is -2.19. The molecule has 1 aliphatic heterocycles. The molecule has 1 aromatic heterocycles. The largest absolute Gasteiger partial charge is 0.381 e. The van der Waals surface area contributed by atoms with E-state index in [0.717, 1.165) is 42.9 Å². The summed E-state index contributed by atoms with van der Waals surface area (Å²) in [5.41, 5.74) is 3.25. The first-order valence-corrected chi connectivity index (χ1v) is 7.89. The number of carbonyl (C=O) groups is 1. The SMILES string of the molecule is Cc1cccc(NC(=O)c2cncc(NCC3CCCO3)c2)c1. The van der Waals surface area contributed by atoms with E-state index in [1.165, 1.54) is 0 Å². The van der Waals surface area contributed by atoms with Gasteiger partial charge in [0.15, 0.2) is 0 Å². The van der Waals surface area contributed by atoms with Crippen molar-refractivity contribution in [1.29, 1.82) is 0 Å². The van der Waals surface area contributed by atoms with Crippen LogP contribution >= 0.6 is 0 Å². The molecule has 1 aliphatic rings. The van der Waals surface area contributed by atoms with Crippen LogP contribution in [0, 0.1) is 6.92 Å². The molecule has 1 unspecified atom stereocenters. The number of hydrogen-bond acceptors (Lipinski definition) is 4. The minimum Gasteiger partial charge on any atom is -0.381 e. The van der Waals surface area contributed by atoms with Crippen molar-refractivity contribution in [3.63, 3.8) is 0 Å². The quantitative estimate of drug-likeness (QED) is 0.890. The second-order valence-electron chi connectivity index (χ2n) is 5.80. The van der Waals surface area contributed by atoms with Gasteiger partial charge < -0.3 is 15.4 Å². The predicted octanol–water partition coefficient (Wildman–Crippen LogP) is 3.23. The molecule has 0 radical (unpaired) electrons. The Morgan fingerprint density at radius 2 is 2.22 bits per heavy atom. The Morgan fingerprint density at radius 1 is 1.30 bits per heavy atom. The molecule has 3 rings (SSSR count). The van der Waals surface area contributed by atoms with Crippen LogP contribution < -0.4 is 10.6 Å². The lowest BCUT2D eigenvalue weighted by Gasteiger charge is -2.12. The van der Waals surface area contributed by atoms with E-state index in [1.807, 2.05) is 37.3 Å². The third-order valence-electron chi connectivity index (χ3n) is 3.83. The highest BCUT2D eigenvalue weighted by Gasteiger charge is 2.15. The fourth-order valence-electron chi connectivity index (χ4n) is 2.62. The van der Waals surface area contributed by atoms with E-state index in [-0.39, 0.29) is 12.0 Å². The van der Waals surface area contributed by atoms with E-state index in [1.54, 1.807) is 12.4 Å². The molecule has 2 aromatic rings. The maximum absolute atomic E-state index is 12.3. The van der Waals surface area contributed by atoms with Gasteiger partial charge in [0.1, 0.15) is 0 Å². The minimum atomic E-state index is -0.163. The number of rotatable bonds is 5. The molecule has 2 N–H and O–H groups in total. The predicted molar refractivity (Wildman–Crippen MR) is 90.8 cm³/mol. The lowest BCUT2D eigenvalue weighted by molar-refractivity contribution is 0.102. The Balaban J connectivity index is 1.62. The summed E-state index contributed by atoms with van der Waals surface area (Å²) in [4.78, 5) is 16.5. The average Bonchev–Trinajstić information content (AvgIpc) is 3.07. The molecule has 1 fully saturated rings.